The van der Waals surface area contributed by atoms with Crippen LogP contribution in [0.15, 0.2) is 24.3 Å². The van der Waals surface area contributed by atoms with Crippen LogP contribution in [0.4, 0.5) is 0 Å². The molecule has 0 saturated carbocycles. The number of unbranched alkanes of at least 4 members (excludes halogenated alkanes) is 1. The van der Waals surface area contributed by atoms with Crippen molar-refractivity contribution in [2.75, 3.05) is 12.4 Å². The van der Waals surface area contributed by atoms with Crippen LogP contribution >= 0.6 is 11.6 Å². The highest BCUT2D eigenvalue weighted by Crippen LogP contribution is 2.30. The summed E-state index contributed by atoms with van der Waals surface area (Å²) >= 11 is 5.85. The maximum Gasteiger partial charge on any atom is 0.211 e. The van der Waals surface area contributed by atoms with Crippen LogP contribution in [-0.2, 0) is 14.8 Å². The molecule has 1 aromatic rings. The van der Waals surface area contributed by atoms with E-state index in [-0.39, 0.29) is 24.3 Å². The Kier molecular flexibility index (Phi) is 5.59. The van der Waals surface area contributed by atoms with Gasteiger partial charge < -0.3 is 4.74 Å². The van der Waals surface area contributed by atoms with Crippen LogP contribution < -0.4 is 4.72 Å². The molecular weight excluding hydrogens is 312 g/mol. The highest BCUT2D eigenvalue weighted by atomic mass is 35.5. The Balaban J connectivity index is 2.02. The number of nitrogens with zero attached hydrogens (tertiary/aromatic N) is 1. The molecule has 114 valence electrons. The Morgan fingerprint density at radius 1 is 1.38 bits per heavy atom. The van der Waals surface area contributed by atoms with Crippen molar-refractivity contribution in [3.63, 3.8) is 0 Å². The van der Waals surface area contributed by atoms with E-state index in [0.29, 0.717) is 24.5 Å². The first-order chi connectivity index (χ1) is 10.0. The predicted molar refractivity (Wildman–Crippen MR) is 80.3 cm³/mol. The molecule has 0 amide bonds. The van der Waals surface area contributed by atoms with E-state index < -0.39 is 10.0 Å². The van der Waals surface area contributed by atoms with Gasteiger partial charge in [0.05, 0.1) is 24.0 Å². The SMILES string of the molecule is N#CCCCS(=O)(=O)N[C@@H]1CCO[C@@H]1c1ccc(Cl)cc1. The minimum Gasteiger partial charge on any atom is -0.372 e. The summed E-state index contributed by atoms with van der Waals surface area (Å²) in [6, 6.07) is 8.87. The van der Waals surface area contributed by atoms with Gasteiger partial charge in [0.2, 0.25) is 10.0 Å². The number of hydrogen-bond donors (Lipinski definition) is 1. The topological polar surface area (TPSA) is 79.2 Å². The van der Waals surface area contributed by atoms with E-state index >= 15 is 0 Å². The monoisotopic (exact) mass is 328 g/mol. The van der Waals surface area contributed by atoms with Gasteiger partial charge in [-0.2, -0.15) is 5.26 Å². The van der Waals surface area contributed by atoms with Crippen molar-refractivity contribution in [3.05, 3.63) is 34.9 Å². The second-order valence-electron chi connectivity index (χ2n) is 4.94. The van der Waals surface area contributed by atoms with Gasteiger partial charge >= 0.3 is 0 Å². The lowest BCUT2D eigenvalue weighted by molar-refractivity contribution is 0.102. The van der Waals surface area contributed by atoms with Crippen molar-refractivity contribution in [2.45, 2.75) is 31.4 Å². The summed E-state index contributed by atoms with van der Waals surface area (Å²) in [6.07, 6.45) is 0.909. The van der Waals surface area contributed by atoms with Crippen LogP contribution in [0.25, 0.3) is 0 Å². The fourth-order valence-corrected chi connectivity index (χ4v) is 3.79. The molecule has 2 atom stereocenters. The van der Waals surface area contributed by atoms with E-state index in [1.807, 2.05) is 18.2 Å². The zero-order valence-electron chi connectivity index (χ0n) is 11.5. The quantitative estimate of drug-likeness (QED) is 0.813. The zero-order chi connectivity index (χ0) is 15.3. The molecular formula is C14H17ClN2O3S. The summed E-state index contributed by atoms with van der Waals surface area (Å²) in [4.78, 5) is 0. The summed E-state index contributed by atoms with van der Waals surface area (Å²) < 4.78 is 32.3. The second-order valence-corrected chi connectivity index (χ2v) is 7.25. The molecule has 0 unspecified atom stereocenters. The number of nitriles is 1. The van der Waals surface area contributed by atoms with E-state index in [0.717, 1.165) is 5.56 Å². The van der Waals surface area contributed by atoms with Gasteiger partial charge in [0.25, 0.3) is 0 Å². The Morgan fingerprint density at radius 3 is 2.76 bits per heavy atom. The molecule has 0 spiro atoms. The molecule has 7 heteroatoms. The molecule has 5 nitrogen and oxygen atoms in total. The minimum atomic E-state index is -3.39. The Morgan fingerprint density at radius 2 is 2.10 bits per heavy atom. The highest BCUT2D eigenvalue weighted by Gasteiger charge is 2.32. The van der Waals surface area contributed by atoms with E-state index in [2.05, 4.69) is 4.72 Å². The lowest BCUT2D eigenvalue weighted by Crippen LogP contribution is -2.38. The van der Waals surface area contributed by atoms with Crippen LogP contribution in [0.3, 0.4) is 0 Å². The van der Waals surface area contributed by atoms with Crippen molar-refractivity contribution >= 4 is 21.6 Å². The summed E-state index contributed by atoms with van der Waals surface area (Å²) in [5.41, 5.74) is 0.904. The zero-order valence-corrected chi connectivity index (χ0v) is 13.0. The number of benzene rings is 1. The summed E-state index contributed by atoms with van der Waals surface area (Å²) in [7, 11) is -3.39. The van der Waals surface area contributed by atoms with Gasteiger partial charge in [-0.3, -0.25) is 0 Å². The van der Waals surface area contributed by atoms with Crippen LogP contribution in [-0.4, -0.2) is 26.8 Å². The second kappa shape index (κ2) is 7.23. The minimum absolute atomic E-state index is 0.0373. The van der Waals surface area contributed by atoms with Crippen molar-refractivity contribution in [2.24, 2.45) is 0 Å². The number of sulfonamides is 1. The maximum atomic E-state index is 12.0. The van der Waals surface area contributed by atoms with Crippen LogP contribution in [0, 0.1) is 11.3 Å². The molecule has 0 aliphatic carbocycles. The first-order valence-electron chi connectivity index (χ1n) is 6.76. The Labute approximate surface area is 129 Å². The van der Waals surface area contributed by atoms with E-state index in [4.69, 9.17) is 21.6 Å². The normalized spacial score (nSPS) is 22.1. The van der Waals surface area contributed by atoms with E-state index in [9.17, 15) is 8.42 Å². The molecule has 21 heavy (non-hydrogen) atoms. The fraction of sp³-hybridized carbons (Fsp3) is 0.500. The standard InChI is InChI=1S/C14H17ClN2O3S/c15-12-5-3-11(4-6-12)14-13(7-9-20-14)17-21(18,19)10-2-1-8-16/h3-6,13-14,17H,1-2,7,9-10H2/t13-,14-/m1/s1. The number of rotatable bonds is 6. The van der Waals surface area contributed by atoms with Crippen LogP contribution in [0.1, 0.15) is 30.9 Å². The average molecular weight is 329 g/mol. The summed E-state index contributed by atoms with van der Waals surface area (Å²) in [6.45, 7) is 0.513. The molecule has 1 heterocycles. The molecule has 1 aromatic carbocycles. The Bertz CT molecular complexity index is 610. The average Bonchev–Trinajstić information content (AvgIpc) is 2.87. The van der Waals surface area contributed by atoms with E-state index in [1.165, 1.54) is 0 Å². The van der Waals surface area contributed by atoms with Crippen LogP contribution in [0.5, 0.6) is 0 Å². The lowest BCUT2D eigenvalue weighted by Gasteiger charge is -2.20. The predicted octanol–water partition coefficient (Wildman–Crippen LogP) is 2.39. The van der Waals surface area contributed by atoms with Crippen molar-refractivity contribution < 1.29 is 13.2 Å². The smallest absolute Gasteiger partial charge is 0.211 e. The maximum absolute atomic E-state index is 12.0. The molecule has 0 bridgehead atoms. The van der Waals surface area contributed by atoms with Gasteiger partial charge in [-0.25, -0.2) is 13.1 Å². The molecule has 1 aliphatic heterocycles. The third-order valence-electron chi connectivity index (χ3n) is 3.32. The van der Waals surface area contributed by atoms with Crippen molar-refractivity contribution in [3.8, 4) is 6.07 Å². The fourth-order valence-electron chi connectivity index (χ4n) is 2.32. The number of nitrogens with one attached hydrogen (secondary N) is 1. The third-order valence-corrected chi connectivity index (χ3v) is 5.06. The molecule has 1 fully saturated rings. The van der Waals surface area contributed by atoms with Gasteiger partial charge in [-0.15, -0.1) is 0 Å². The van der Waals surface area contributed by atoms with Gasteiger partial charge in [-0.1, -0.05) is 23.7 Å². The van der Waals surface area contributed by atoms with Gasteiger partial charge in [0.1, 0.15) is 0 Å². The van der Waals surface area contributed by atoms with Crippen LogP contribution in [0.2, 0.25) is 5.02 Å². The number of ether oxygens (including phenoxy) is 1. The van der Waals surface area contributed by atoms with Gasteiger partial charge in [0, 0.05) is 18.1 Å². The largest absolute Gasteiger partial charge is 0.372 e. The first-order valence-corrected chi connectivity index (χ1v) is 8.79. The van der Waals surface area contributed by atoms with Crippen molar-refractivity contribution in [1.29, 1.82) is 5.26 Å². The molecule has 1 saturated heterocycles. The summed E-state index contributed by atoms with van der Waals surface area (Å²) in [5.74, 6) is -0.0373. The molecule has 2 rings (SSSR count). The Hall–Kier alpha value is -1.13. The van der Waals surface area contributed by atoms with Crippen molar-refractivity contribution in [1.82, 2.24) is 4.72 Å². The highest BCUT2D eigenvalue weighted by molar-refractivity contribution is 7.89. The van der Waals surface area contributed by atoms with Gasteiger partial charge in [0.15, 0.2) is 0 Å². The molecule has 1 N–H and O–H groups in total. The third kappa shape index (κ3) is 4.68. The van der Waals surface area contributed by atoms with Gasteiger partial charge in [-0.05, 0) is 30.5 Å². The summed E-state index contributed by atoms with van der Waals surface area (Å²) in [5, 5.41) is 9.09. The number of halogens is 1. The first kappa shape index (κ1) is 16.2. The lowest BCUT2D eigenvalue weighted by atomic mass is 10.0. The number of hydrogen-bond acceptors (Lipinski definition) is 4. The molecule has 0 radical (unpaired) electrons. The molecule has 0 aromatic heterocycles. The van der Waals surface area contributed by atoms with E-state index in [1.54, 1.807) is 12.1 Å². The molecule has 1 aliphatic rings.